The molecule has 0 fully saturated rings. The van der Waals surface area contributed by atoms with Crippen molar-refractivity contribution in [3.8, 4) is 0 Å². The summed E-state index contributed by atoms with van der Waals surface area (Å²) in [5, 5.41) is 1.66. The fourth-order valence-corrected chi connectivity index (χ4v) is 1.77. The molecule has 2 heteroatoms. The van der Waals surface area contributed by atoms with E-state index in [1.54, 1.807) is 5.20 Å². The Labute approximate surface area is 70.8 Å². The average molecular weight is 130 g/mol. The van der Waals surface area contributed by atoms with Crippen LogP contribution in [0.25, 0.3) is 0 Å². The van der Waals surface area contributed by atoms with E-state index in [1.807, 2.05) is 0 Å². The van der Waals surface area contributed by atoms with Gasteiger partial charge in [0.2, 0.25) is 0 Å². The van der Waals surface area contributed by atoms with Crippen molar-refractivity contribution in [1.29, 1.82) is 0 Å². The normalized spacial score (nSPS) is 15.7. The van der Waals surface area contributed by atoms with Gasteiger partial charge in [0.15, 0.2) is 0 Å². The van der Waals surface area contributed by atoms with Crippen LogP contribution in [0.3, 0.4) is 0 Å². The Kier molecular flexibility index (Phi) is 4.30. The monoisotopic (exact) mass is 130 g/mol. The van der Waals surface area contributed by atoms with Crippen LogP contribution in [0.1, 0.15) is 6.42 Å². The van der Waals surface area contributed by atoms with Crippen LogP contribution in [0.4, 0.5) is 0 Å². The molecule has 0 spiro atoms. The van der Waals surface area contributed by atoms with E-state index in [4.69, 9.17) is 0 Å². The van der Waals surface area contributed by atoms with Crippen LogP contribution in [0.5, 0.6) is 0 Å². The predicted molar refractivity (Wildman–Crippen MR) is 39.3 cm³/mol. The van der Waals surface area contributed by atoms with Crippen molar-refractivity contribution >= 4 is 8.80 Å². The smallest absolute Gasteiger partial charge is 0.0809 e. The molecule has 1 aliphatic rings. The molecule has 0 aromatic rings. The first-order chi connectivity index (χ1) is 3.80. The van der Waals surface area contributed by atoms with Crippen LogP contribution in [0, 0.1) is 0 Å². The Bertz CT molecular complexity index is 136. The molecule has 1 radical (unpaired) electrons. The molecule has 0 amide bonds. The third-order valence-electron chi connectivity index (χ3n) is 1.41. The van der Waals surface area contributed by atoms with Crippen molar-refractivity contribution in [2.24, 2.45) is 0 Å². The summed E-state index contributed by atoms with van der Waals surface area (Å²) in [5.74, 6) is 0. The molecule has 0 saturated carbocycles. The van der Waals surface area contributed by atoms with E-state index < -0.39 is 0 Å². The van der Waals surface area contributed by atoms with Gasteiger partial charge in [-0.3, -0.25) is 0 Å². The second kappa shape index (κ2) is 4.16. The van der Waals surface area contributed by atoms with Crippen LogP contribution in [-0.2, 0) is 0 Å². The molecule has 1 rings (SSSR count). The van der Waals surface area contributed by atoms with Gasteiger partial charge in [-0.1, -0.05) is 36.5 Å². The molecule has 0 atom stereocenters. The van der Waals surface area contributed by atoms with E-state index in [9.17, 15) is 0 Å². The molecule has 1 aliphatic carbocycles. The Morgan fingerprint density at radius 1 is 1.44 bits per heavy atom. The molecule has 0 bridgehead atoms. The summed E-state index contributed by atoms with van der Waals surface area (Å²) in [7, 11) is -0.114. The maximum Gasteiger partial charge on any atom is 1.00 e. The van der Waals surface area contributed by atoms with E-state index in [0.717, 1.165) is 0 Å². The summed E-state index contributed by atoms with van der Waals surface area (Å²) in [5.41, 5.74) is 0. The molecule has 0 saturated heterocycles. The van der Waals surface area contributed by atoms with Gasteiger partial charge in [0.25, 0.3) is 0 Å². The Balaban J connectivity index is 0.000000640. The second-order valence-electron chi connectivity index (χ2n) is 2.32. The zero-order valence-electron chi connectivity index (χ0n) is 6.44. The van der Waals surface area contributed by atoms with Gasteiger partial charge in [0.1, 0.15) is 0 Å². The SMILES string of the molecule is C[Si](C)C1=CC=CC1.[Li+]. The largest absolute Gasteiger partial charge is 1.00 e. The maximum absolute atomic E-state index is 2.34. The van der Waals surface area contributed by atoms with Crippen molar-refractivity contribution in [3.63, 3.8) is 0 Å². The molecule has 0 N–H and O–H groups in total. The minimum absolute atomic E-state index is 0. The first-order valence-electron chi connectivity index (χ1n) is 2.97. The van der Waals surface area contributed by atoms with Gasteiger partial charge in [0, 0.05) is 0 Å². The fraction of sp³-hybridized carbons (Fsp3) is 0.429. The summed E-state index contributed by atoms with van der Waals surface area (Å²) in [4.78, 5) is 0. The third kappa shape index (κ3) is 2.58. The van der Waals surface area contributed by atoms with Gasteiger partial charge in [-0.15, -0.1) is 0 Å². The van der Waals surface area contributed by atoms with Crippen molar-refractivity contribution in [3.05, 3.63) is 23.4 Å². The molecule has 0 aliphatic heterocycles. The van der Waals surface area contributed by atoms with Gasteiger partial charge in [-0.05, 0) is 6.42 Å². The van der Waals surface area contributed by atoms with Gasteiger partial charge in [-0.25, -0.2) is 0 Å². The van der Waals surface area contributed by atoms with E-state index >= 15 is 0 Å². The van der Waals surface area contributed by atoms with E-state index in [1.165, 1.54) is 6.42 Å². The quantitative estimate of drug-likeness (QED) is 0.406. The van der Waals surface area contributed by atoms with Crippen LogP contribution in [-0.4, -0.2) is 8.80 Å². The molecule has 43 valence electrons. The summed E-state index contributed by atoms with van der Waals surface area (Å²) < 4.78 is 0. The number of hydrogen-bond acceptors (Lipinski definition) is 0. The molecule has 0 aromatic heterocycles. The molecular formula is C7H11LiSi+. The maximum atomic E-state index is 2.34. The number of hydrogen-bond donors (Lipinski definition) is 0. The topological polar surface area (TPSA) is 0 Å². The summed E-state index contributed by atoms with van der Waals surface area (Å²) in [6.45, 7) is 4.67. The number of rotatable bonds is 1. The molecule has 0 aromatic carbocycles. The minimum Gasteiger partial charge on any atom is -0.0809 e. The molecule has 9 heavy (non-hydrogen) atoms. The van der Waals surface area contributed by atoms with E-state index in [0.29, 0.717) is 0 Å². The van der Waals surface area contributed by atoms with Gasteiger partial charge < -0.3 is 0 Å². The first-order valence-corrected chi connectivity index (χ1v) is 5.47. The fourth-order valence-electron chi connectivity index (χ4n) is 0.818. The predicted octanol–water partition coefficient (Wildman–Crippen LogP) is -0.830. The second-order valence-corrected chi connectivity index (χ2v) is 4.97. The van der Waals surface area contributed by atoms with Gasteiger partial charge >= 0.3 is 18.9 Å². The van der Waals surface area contributed by atoms with Crippen molar-refractivity contribution in [1.82, 2.24) is 0 Å². The van der Waals surface area contributed by atoms with Gasteiger partial charge in [-0.2, -0.15) is 0 Å². The minimum atomic E-state index is -0.114. The Morgan fingerprint density at radius 3 is 2.33 bits per heavy atom. The molecule has 0 heterocycles. The van der Waals surface area contributed by atoms with Crippen molar-refractivity contribution in [2.45, 2.75) is 19.5 Å². The first kappa shape index (κ1) is 9.29. The van der Waals surface area contributed by atoms with Crippen LogP contribution < -0.4 is 18.9 Å². The van der Waals surface area contributed by atoms with Crippen LogP contribution in [0.2, 0.25) is 13.1 Å². The molecular weight excluding hydrogens is 119 g/mol. The Hall–Kier alpha value is 0.294. The summed E-state index contributed by atoms with van der Waals surface area (Å²) in [6.07, 6.45) is 7.87. The number of allylic oxidation sites excluding steroid dienone is 4. The standard InChI is InChI=1S/C7H11Si.Li/c1-8(2)7-5-3-4-6-7;/h3-5H,6H2,1-2H3;/q;+1. The molecule has 0 nitrogen and oxygen atoms in total. The molecule has 0 unspecified atom stereocenters. The average Bonchev–Trinajstić information content (AvgIpc) is 2.12. The van der Waals surface area contributed by atoms with E-state index in [2.05, 4.69) is 31.3 Å². The van der Waals surface area contributed by atoms with Crippen molar-refractivity contribution in [2.75, 3.05) is 0 Å². The Morgan fingerprint density at radius 2 is 2.11 bits per heavy atom. The van der Waals surface area contributed by atoms with Crippen LogP contribution in [0.15, 0.2) is 23.4 Å². The summed E-state index contributed by atoms with van der Waals surface area (Å²) in [6, 6.07) is 0. The third-order valence-corrected chi connectivity index (χ3v) is 3.07. The zero-order valence-corrected chi connectivity index (χ0v) is 7.44. The van der Waals surface area contributed by atoms with Crippen molar-refractivity contribution < 1.29 is 18.9 Å². The van der Waals surface area contributed by atoms with E-state index in [-0.39, 0.29) is 27.7 Å². The zero-order chi connectivity index (χ0) is 5.98. The van der Waals surface area contributed by atoms with Gasteiger partial charge in [0.05, 0.1) is 8.80 Å². The van der Waals surface area contributed by atoms with Crippen LogP contribution >= 0.6 is 0 Å². The summed E-state index contributed by atoms with van der Waals surface area (Å²) >= 11 is 0.